The van der Waals surface area contributed by atoms with Crippen molar-refractivity contribution in [3.05, 3.63) is 83.3 Å². The lowest BCUT2D eigenvalue weighted by Gasteiger charge is -2.09. The van der Waals surface area contributed by atoms with E-state index in [1.165, 1.54) is 35.2 Å². The van der Waals surface area contributed by atoms with Crippen LogP contribution in [0.5, 0.6) is 0 Å². The maximum atomic E-state index is 13.3. The monoisotopic (exact) mass is 434 g/mol. The van der Waals surface area contributed by atoms with Crippen molar-refractivity contribution in [3.8, 4) is 11.1 Å². The zero-order valence-corrected chi connectivity index (χ0v) is 17.6. The zero-order valence-electron chi connectivity index (χ0n) is 17.6. The lowest BCUT2D eigenvalue weighted by molar-refractivity contribution is -0.116. The third-order valence-electron chi connectivity index (χ3n) is 5.12. The van der Waals surface area contributed by atoms with Crippen LogP contribution in [-0.2, 0) is 22.6 Å². The minimum absolute atomic E-state index is 0.0836. The quantitative estimate of drug-likeness (QED) is 0.429. The molecule has 8 heteroatoms. The van der Waals surface area contributed by atoms with Gasteiger partial charge in [0.1, 0.15) is 23.4 Å². The van der Waals surface area contributed by atoms with Crippen molar-refractivity contribution in [2.75, 3.05) is 19.0 Å². The van der Waals surface area contributed by atoms with Crippen LogP contribution >= 0.6 is 0 Å². The summed E-state index contributed by atoms with van der Waals surface area (Å²) in [6.45, 7) is 0.907. The third-order valence-corrected chi connectivity index (χ3v) is 5.12. The average molecular weight is 434 g/mol. The van der Waals surface area contributed by atoms with E-state index in [2.05, 4.69) is 10.3 Å². The Morgan fingerprint density at radius 3 is 2.56 bits per heavy atom. The summed E-state index contributed by atoms with van der Waals surface area (Å²) >= 11 is 0. The van der Waals surface area contributed by atoms with Gasteiger partial charge in [0.05, 0.1) is 6.33 Å². The van der Waals surface area contributed by atoms with Gasteiger partial charge < -0.3 is 14.6 Å². The first-order valence-electron chi connectivity index (χ1n) is 10.2. The number of rotatable bonds is 8. The summed E-state index contributed by atoms with van der Waals surface area (Å²) in [4.78, 5) is 30.5. The van der Waals surface area contributed by atoms with Crippen molar-refractivity contribution in [1.82, 2.24) is 14.1 Å². The number of hydrogen-bond acceptors (Lipinski definition) is 4. The van der Waals surface area contributed by atoms with Crippen molar-refractivity contribution in [3.63, 3.8) is 0 Å². The number of carbonyl (C=O) groups excluding carboxylic acids is 1. The molecule has 0 saturated heterocycles. The molecule has 1 N–H and O–H groups in total. The molecule has 164 valence electrons. The molecule has 2 heterocycles. The van der Waals surface area contributed by atoms with Crippen LogP contribution in [0.3, 0.4) is 0 Å². The van der Waals surface area contributed by atoms with Crippen molar-refractivity contribution in [2.24, 2.45) is 0 Å². The molecule has 2 aromatic heterocycles. The van der Waals surface area contributed by atoms with Gasteiger partial charge in [-0.2, -0.15) is 0 Å². The average Bonchev–Trinajstić information content (AvgIpc) is 3.16. The van der Waals surface area contributed by atoms with E-state index in [1.54, 1.807) is 17.9 Å². The van der Waals surface area contributed by atoms with Gasteiger partial charge in [-0.25, -0.2) is 9.37 Å². The zero-order chi connectivity index (χ0) is 22.5. The normalized spacial score (nSPS) is 11.1. The summed E-state index contributed by atoms with van der Waals surface area (Å²) in [5.41, 5.74) is 2.83. The fourth-order valence-corrected chi connectivity index (χ4v) is 3.60. The highest BCUT2D eigenvalue weighted by Crippen LogP contribution is 2.27. The highest BCUT2D eigenvalue weighted by Gasteiger charge is 2.18. The number of amides is 1. The molecule has 0 unspecified atom stereocenters. The van der Waals surface area contributed by atoms with E-state index in [9.17, 15) is 14.0 Å². The maximum absolute atomic E-state index is 13.3. The van der Waals surface area contributed by atoms with Crippen LogP contribution in [0.15, 0.2) is 71.9 Å². The maximum Gasteiger partial charge on any atom is 0.277 e. The van der Waals surface area contributed by atoms with Crippen LogP contribution in [0.25, 0.3) is 22.2 Å². The number of carbonyl (C=O) groups is 1. The molecule has 1 amide bonds. The van der Waals surface area contributed by atoms with Gasteiger partial charge >= 0.3 is 0 Å². The number of fused-ring (bicyclic) bond motifs is 1. The lowest BCUT2D eigenvalue weighted by atomic mass is 10.1. The lowest BCUT2D eigenvalue weighted by Crippen LogP contribution is -2.25. The van der Waals surface area contributed by atoms with Crippen molar-refractivity contribution in [1.29, 1.82) is 0 Å². The van der Waals surface area contributed by atoms with E-state index in [1.807, 2.05) is 30.3 Å². The summed E-state index contributed by atoms with van der Waals surface area (Å²) in [7, 11) is 1.61. The number of methoxy groups -OCH3 is 1. The Morgan fingerprint density at radius 1 is 1.09 bits per heavy atom. The Bertz CT molecular complexity index is 1280. The Labute approximate surface area is 184 Å². The fraction of sp³-hybridized carbons (Fsp3) is 0.208. The van der Waals surface area contributed by atoms with Crippen molar-refractivity contribution in [2.45, 2.75) is 19.5 Å². The Balaban J connectivity index is 1.72. The first-order valence-corrected chi connectivity index (χ1v) is 10.2. The molecule has 0 bridgehead atoms. The minimum atomic E-state index is -0.382. The van der Waals surface area contributed by atoms with Gasteiger partial charge in [-0.05, 0) is 36.2 Å². The van der Waals surface area contributed by atoms with E-state index >= 15 is 0 Å². The minimum Gasteiger partial charge on any atom is -0.385 e. The highest BCUT2D eigenvalue weighted by molar-refractivity contribution is 5.95. The summed E-state index contributed by atoms with van der Waals surface area (Å²) in [5.74, 6) is -0.714. The van der Waals surface area contributed by atoms with E-state index in [0.29, 0.717) is 36.3 Å². The number of benzene rings is 2. The molecule has 32 heavy (non-hydrogen) atoms. The molecule has 4 rings (SSSR count). The smallest absolute Gasteiger partial charge is 0.277 e. The number of halogens is 1. The Kier molecular flexibility index (Phi) is 6.42. The molecule has 0 atom stereocenters. The molecular formula is C24H23FN4O3. The number of hydrogen-bond donors (Lipinski definition) is 1. The Hall–Kier alpha value is -3.78. The number of ether oxygens (including phenoxy) is 1. The van der Waals surface area contributed by atoms with Crippen LogP contribution in [0.2, 0.25) is 0 Å². The Morgan fingerprint density at radius 2 is 1.84 bits per heavy atom. The van der Waals surface area contributed by atoms with Gasteiger partial charge in [-0.15, -0.1) is 0 Å². The summed E-state index contributed by atoms with van der Waals surface area (Å²) < 4.78 is 21.4. The molecule has 0 spiro atoms. The molecule has 2 aromatic carbocycles. The molecule has 4 aromatic rings. The predicted molar refractivity (Wildman–Crippen MR) is 121 cm³/mol. The van der Waals surface area contributed by atoms with Gasteiger partial charge in [-0.1, -0.05) is 30.3 Å². The second-order valence-corrected chi connectivity index (χ2v) is 7.38. The number of aromatic nitrogens is 3. The number of nitrogens with zero attached hydrogens (tertiary/aromatic N) is 3. The van der Waals surface area contributed by atoms with Crippen LogP contribution in [-0.4, -0.2) is 33.7 Å². The van der Waals surface area contributed by atoms with Crippen LogP contribution in [0.1, 0.15) is 6.42 Å². The standard InChI is InChI=1S/C24H23FN4O3/c1-32-13-5-12-28-16-26-22-20(17-6-3-2-4-7-17)14-29(23(22)24(28)31)15-21(30)27-19-10-8-18(25)9-11-19/h2-4,6-11,14,16H,5,12-13,15H2,1H3,(H,27,30). The van der Waals surface area contributed by atoms with Crippen molar-refractivity contribution >= 4 is 22.6 Å². The van der Waals surface area contributed by atoms with Gasteiger partial charge in [0.2, 0.25) is 5.91 Å². The molecule has 7 nitrogen and oxygen atoms in total. The SMILES string of the molecule is COCCCn1cnc2c(-c3ccccc3)cn(CC(=O)Nc3ccc(F)cc3)c2c1=O. The second kappa shape index (κ2) is 9.57. The number of aryl methyl sites for hydroxylation is 1. The van der Waals surface area contributed by atoms with Crippen LogP contribution < -0.4 is 10.9 Å². The van der Waals surface area contributed by atoms with E-state index in [4.69, 9.17) is 4.74 Å². The number of nitrogens with one attached hydrogen (secondary N) is 1. The van der Waals surface area contributed by atoms with Crippen LogP contribution in [0, 0.1) is 5.82 Å². The molecule has 0 fully saturated rings. The summed E-state index contributed by atoms with van der Waals surface area (Å²) in [5, 5.41) is 2.74. The van der Waals surface area contributed by atoms with Gasteiger partial charge in [0, 0.05) is 37.7 Å². The molecule has 0 radical (unpaired) electrons. The van der Waals surface area contributed by atoms with Gasteiger partial charge in [0.15, 0.2) is 0 Å². The first-order chi connectivity index (χ1) is 15.6. The van der Waals surface area contributed by atoms with Crippen molar-refractivity contribution < 1.29 is 13.9 Å². The fourth-order valence-electron chi connectivity index (χ4n) is 3.60. The molecule has 0 aliphatic heterocycles. The largest absolute Gasteiger partial charge is 0.385 e. The van der Waals surface area contributed by atoms with Gasteiger partial charge in [0.25, 0.3) is 5.56 Å². The molecule has 0 aliphatic carbocycles. The topological polar surface area (TPSA) is 78.2 Å². The summed E-state index contributed by atoms with van der Waals surface area (Å²) in [6.07, 6.45) is 3.98. The predicted octanol–water partition coefficient (Wildman–Crippen LogP) is 3.68. The third kappa shape index (κ3) is 4.60. The van der Waals surface area contributed by atoms with E-state index < -0.39 is 0 Å². The van der Waals surface area contributed by atoms with Crippen LogP contribution in [0.4, 0.5) is 10.1 Å². The molecule has 0 saturated carbocycles. The summed E-state index contributed by atoms with van der Waals surface area (Å²) in [6, 6.07) is 15.1. The first kappa shape index (κ1) is 21.5. The van der Waals surface area contributed by atoms with E-state index in [-0.39, 0.29) is 23.8 Å². The highest BCUT2D eigenvalue weighted by atomic mass is 19.1. The molecular weight excluding hydrogens is 411 g/mol. The molecule has 0 aliphatic rings. The van der Waals surface area contributed by atoms with E-state index in [0.717, 1.165) is 11.1 Å². The van der Waals surface area contributed by atoms with Gasteiger partial charge in [-0.3, -0.25) is 14.2 Å². The number of anilines is 1. The second-order valence-electron chi connectivity index (χ2n) is 7.38.